The summed E-state index contributed by atoms with van der Waals surface area (Å²) in [7, 11) is 2.48. The lowest BCUT2D eigenvalue weighted by Gasteiger charge is -2.37. The summed E-state index contributed by atoms with van der Waals surface area (Å²) < 4.78 is 4.62. The second-order valence-corrected chi connectivity index (χ2v) is 3.25. The van der Waals surface area contributed by atoms with Crippen molar-refractivity contribution in [1.29, 1.82) is 0 Å². The second kappa shape index (κ2) is 5.13. The molecule has 1 atom stereocenters. The number of amides is 2. The Morgan fingerprint density at radius 2 is 2.40 bits per heavy atom. The van der Waals surface area contributed by atoms with Gasteiger partial charge in [0, 0.05) is 13.7 Å². The zero-order chi connectivity index (χ0) is 11.4. The zero-order valence-electron chi connectivity index (χ0n) is 8.84. The van der Waals surface area contributed by atoms with E-state index in [0.29, 0.717) is 18.0 Å². The molecule has 1 heterocycles. The van der Waals surface area contributed by atoms with Gasteiger partial charge < -0.3 is 14.3 Å². The third-order valence-electron chi connectivity index (χ3n) is 2.36. The number of hydrogen-bond acceptors (Lipinski definition) is 4. The Hall–Kier alpha value is -1.08. The van der Waals surface area contributed by atoms with Crippen molar-refractivity contribution in [2.45, 2.75) is 19.4 Å². The molecular formula is C8H14BN2O4. The summed E-state index contributed by atoms with van der Waals surface area (Å²) >= 11 is 0. The van der Waals surface area contributed by atoms with E-state index in [-0.39, 0.29) is 12.2 Å². The number of hydrogen-bond donors (Lipinski definition) is 1. The Kier molecular flexibility index (Phi) is 4.10. The molecule has 0 spiro atoms. The summed E-state index contributed by atoms with van der Waals surface area (Å²) in [6, 6.07) is -1.06. The van der Waals surface area contributed by atoms with Gasteiger partial charge in [0.2, 0.25) is 0 Å². The Labute approximate surface area is 89.0 Å². The lowest BCUT2D eigenvalue weighted by atomic mass is 9.84. The summed E-state index contributed by atoms with van der Waals surface area (Å²) in [5.41, 5.74) is -0.249. The van der Waals surface area contributed by atoms with E-state index in [1.807, 2.05) is 0 Å². The van der Waals surface area contributed by atoms with Crippen molar-refractivity contribution in [3.05, 3.63) is 0 Å². The molecule has 7 heteroatoms. The van der Waals surface area contributed by atoms with Gasteiger partial charge in [-0.2, -0.15) is 0 Å². The maximum absolute atomic E-state index is 11.5. The lowest BCUT2D eigenvalue weighted by molar-refractivity contribution is -0.123. The number of carbonyl (C=O) groups is 2. The molecule has 1 saturated heterocycles. The van der Waals surface area contributed by atoms with Crippen LogP contribution in [0.4, 0.5) is 4.79 Å². The molecule has 1 radical (unpaired) electrons. The Morgan fingerprint density at radius 1 is 1.73 bits per heavy atom. The molecule has 83 valence electrons. The quantitative estimate of drug-likeness (QED) is 0.513. The van der Waals surface area contributed by atoms with Crippen LogP contribution in [0.2, 0.25) is 0 Å². The zero-order valence-corrected chi connectivity index (χ0v) is 8.84. The molecule has 1 N–H and O–H groups in total. The van der Waals surface area contributed by atoms with Crippen LogP contribution in [0.15, 0.2) is 0 Å². The van der Waals surface area contributed by atoms with E-state index < -0.39 is 12.1 Å². The summed E-state index contributed by atoms with van der Waals surface area (Å²) in [6.45, 7) is 2.30. The first-order valence-electron chi connectivity index (χ1n) is 4.78. The number of carbonyl (C=O) groups excluding carboxylic acids is 2. The largest absolute Gasteiger partial charge is 0.434 e. The van der Waals surface area contributed by atoms with E-state index in [2.05, 4.69) is 4.65 Å². The van der Waals surface area contributed by atoms with E-state index >= 15 is 0 Å². The Morgan fingerprint density at radius 3 is 2.93 bits per heavy atom. The van der Waals surface area contributed by atoms with Gasteiger partial charge >= 0.3 is 13.5 Å². The summed E-state index contributed by atoms with van der Waals surface area (Å²) in [4.78, 5) is 24.3. The molecule has 0 unspecified atom stereocenters. The van der Waals surface area contributed by atoms with Gasteiger partial charge in [0.25, 0.3) is 0 Å². The van der Waals surface area contributed by atoms with Crippen LogP contribution in [0.1, 0.15) is 13.3 Å². The number of nitrogens with zero attached hydrogens (tertiary/aromatic N) is 2. The highest BCUT2D eigenvalue weighted by Gasteiger charge is 2.35. The number of rotatable bonds is 4. The number of hydroxylamine groups is 2. The van der Waals surface area contributed by atoms with Crippen molar-refractivity contribution in [1.82, 2.24) is 9.96 Å². The molecule has 1 aliphatic rings. The first-order valence-corrected chi connectivity index (χ1v) is 4.78. The van der Waals surface area contributed by atoms with Gasteiger partial charge in [0.1, 0.15) is 5.68 Å². The minimum absolute atomic E-state index is 0.170. The molecule has 0 saturated carbocycles. The van der Waals surface area contributed by atoms with E-state index in [1.54, 1.807) is 6.92 Å². The third-order valence-corrected chi connectivity index (χ3v) is 2.36. The molecular weight excluding hydrogens is 199 g/mol. The Bertz CT molecular complexity index is 261. The van der Waals surface area contributed by atoms with Crippen LogP contribution in [0.3, 0.4) is 0 Å². The number of likely N-dealkylation sites (N-methyl/N-ethyl adjacent to an activating group) is 1. The van der Waals surface area contributed by atoms with Gasteiger partial charge in [-0.3, -0.25) is 5.21 Å². The lowest BCUT2D eigenvalue weighted by Crippen LogP contribution is -2.56. The molecule has 1 fully saturated rings. The maximum atomic E-state index is 11.5. The van der Waals surface area contributed by atoms with Gasteiger partial charge in [-0.25, -0.2) is 9.86 Å². The molecule has 0 aromatic heterocycles. The van der Waals surface area contributed by atoms with Crippen molar-refractivity contribution in [3.8, 4) is 0 Å². The average Bonchev–Trinajstić information content (AvgIpc) is 2.22. The predicted molar refractivity (Wildman–Crippen MR) is 52.4 cm³/mol. The topological polar surface area (TPSA) is 70.1 Å². The molecule has 0 aromatic rings. The first kappa shape index (κ1) is 12.0. The van der Waals surface area contributed by atoms with Gasteiger partial charge in [-0.1, -0.05) is 0 Å². The van der Waals surface area contributed by atoms with Crippen molar-refractivity contribution in [2.24, 2.45) is 0 Å². The van der Waals surface area contributed by atoms with Crippen LogP contribution < -0.4 is 0 Å². The van der Waals surface area contributed by atoms with Crippen molar-refractivity contribution in [3.63, 3.8) is 0 Å². The third kappa shape index (κ3) is 2.48. The maximum Gasteiger partial charge on any atom is 0.378 e. The van der Waals surface area contributed by atoms with E-state index in [0.717, 1.165) is 7.48 Å². The van der Waals surface area contributed by atoms with Crippen LogP contribution in [0.5, 0.6) is 0 Å². The average molecular weight is 213 g/mol. The summed E-state index contributed by atoms with van der Waals surface area (Å²) in [6.07, 6.45) is 0.411. The molecule has 0 aliphatic carbocycles. The normalized spacial score (nSPS) is 21.8. The minimum Gasteiger partial charge on any atom is -0.434 e. The van der Waals surface area contributed by atoms with Gasteiger partial charge in [0.05, 0.1) is 12.6 Å². The van der Waals surface area contributed by atoms with Crippen molar-refractivity contribution in [2.75, 3.05) is 20.2 Å². The van der Waals surface area contributed by atoms with Gasteiger partial charge in [-0.15, -0.1) is 0 Å². The fourth-order valence-electron chi connectivity index (χ4n) is 1.62. The molecule has 0 bridgehead atoms. The highest BCUT2D eigenvalue weighted by Crippen LogP contribution is 2.15. The van der Waals surface area contributed by atoms with Gasteiger partial charge in [-0.05, 0) is 13.3 Å². The summed E-state index contributed by atoms with van der Waals surface area (Å²) in [5.74, 6) is 0. The molecule has 0 aromatic carbocycles. The molecule has 6 nitrogen and oxygen atoms in total. The van der Waals surface area contributed by atoms with Crippen LogP contribution in [-0.4, -0.2) is 60.6 Å². The second-order valence-electron chi connectivity index (χ2n) is 3.25. The summed E-state index contributed by atoms with van der Waals surface area (Å²) in [5, 5.41) is 9.82. The van der Waals surface area contributed by atoms with Crippen LogP contribution in [-0.2, 0) is 9.45 Å². The fourth-order valence-corrected chi connectivity index (χ4v) is 1.62. The molecule has 1 aliphatic heterocycles. The smallest absolute Gasteiger partial charge is 0.378 e. The highest BCUT2D eigenvalue weighted by atomic mass is 16.5. The monoisotopic (exact) mass is 213 g/mol. The molecule has 2 amide bonds. The van der Waals surface area contributed by atoms with Crippen molar-refractivity contribution >= 4 is 19.2 Å². The van der Waals surface area contributed by atoms with Crippen LogP contribution in [0.25, 0.3) is 0 Å². The van der Waals surface area contributed by atoms with Crippen LogP contribution >= 0.6 is 0 Å². The molecule has 15 heavy (non-hydrogen) atoms. The fraction of sp³-hybridized carbons (Fsp3) is 0.750. The van der Waals surface area contributed by atoms with E-state index in [4.69, 9.17) is 0 Å². The highest BCUT2D eigenvalue weighted by molar-refractivity contribution is 6.70. The van der Waals surface area contributed by atoms with Crippen LogP contribution in [0, 0.1) is 0 Å². The van der Waals surface area contributed by atoms with Gasteiger partial charge in [0.15, 0.2) is 0 Å². The Balaban J connectivity index is 2.71. The predicted octanol–water partition coefficient (Wildman–Crippen LogP) is -0.316. The van der Waals surface area contributed by atoms with E-state index in [1.165, 1.54) is 12.0 Å². The molecule has 1 rings (SSSR count). The standard InChI is InChI=1S/C8H14BN2O4/c1-3-10-6(7(12)9-15-2)4-5-11(14)8(10)13/h6,14H,3-5H2,1-2H3/t6-/m0/s1. The van der Waals surface area contributed by atoms with E-state index in [9.17, 15) is 14.8 Å². The first-order chi connectivity index (χ1) is 7.11. The van der Waals surface area contributed by atoms with Crippen molar-refractivity contribution < 1.29 is 19.5 Å². The number of urea groups is 1. The SMILES string of the molecule is CCN1C(=O)N(O)CC[C@H]1C(=O)[B]OC. The minimum atomic E-state index is -0.536.